The van der Waals surface area contributed by atoms with Gasteiger partial charge in [-0.2, -0.15) is 0 Å². The van der Waals surface area contributed by atoms with Crippen LogP contribution >= 0.6 is 0 Å². The fraction of sp³-hybridized carbons (Fsp3) is 0.0500. The lowest BCUT2D eigenvalue weighted by Crippen LogP contribution is -2.04. The highest BCUT2D eigenvalue weighted by atomic mass is 16.5. The SMILES string of the molecule is ON=C(c1ccccc1)c1ccc(OCc2ccccc2)cc1O. The zero-order valence-corrected chi connectivity index (χ0v) is 13.0. The van der Waals surface area contributed by atoms with Gasteiger partial charge in [0.2, 0.25) is 0 Å². The molecule has 3 rings (SSSR count). The molecule has 4 nitrogen and oxygen atoms in total. The molecule has 0 bridgehead atoms. The first-order chi connectivity index (χ1) is 11.8. The molecule has 4 heteroatoms. The fourth-order valence-corrected chi connectivity index (χ4v) is 2.41. The average molecular weight is 319 g/mol. The minimum atomic E-state index is -0.00258. The van der Waals surface area contributed by atoms with Crippen molar-refractivity contribution in [1.82, 2.24) is 0 Å². The normalized spacial score (nSPS) is 11.2. The Kier molecular flexibility index (Phi) is 4.77. The van der Waals surface area contributed by atoms with E-state index >= 15 is 0 Å². The third-order valence-electron chi connectivity index (χ3n) is 3.62. The van der Waals surface area contributed by atoms with Crippen molar-refractivity contribution in [3.05, 3.63) is 95.6 Å². The lowest BCUT2D eigenvalue weighted by Gasteiger charge is -2.10. The number of nitrogens with zero attached hydrogens (tertiary/aromatic N) is 1. The maximum absolute atomic E-state index is 10.3. The Hall–Kier alpha value is -3.27. The van der Waals surface area contributed by atoms with Crippen LogP contribution in [0.15, 0.2) is 84.0 Å². The Morgan fingerprint density at radius 2 is 1.54 bits per heavy atom. The van der Waals surface area contributed by atoms with Crippen LogP contribution in [0.25, 0.3) is 0 Å². The van der Waals surface area contributed by atoms with Gasteiger partial charge in [0, 0.05) is 17.2 Å². The lowest BCUT2D eigenvalue weighted by molar-refractivity contribution is 0.304. The van der Waals surface area contributed by atoms with Gasteiger partial charge in [-0.3, -0.25) is 0 Å². The summed E-state index contributed by atoms with van der Waals surface area (Å²) < 4.78 is 5.68. The number of oxime groups is 1. The highest BCUT2D eigenvalue weighted by molar-refractivity contribution is 6.14. The van der Waals surface area contributed by atoms with E-state index in [1.165, 1.54) is 6.07 Å². The van der Waals surface area contributed by atoms with Crippen LogP contribution in [-0.2, 0) is 6.61 Å². The van der Waals surface area contributed by atoms with E-state index in [2.05, 4.69) is 5.16 Å². The Bertz CT molecular complexity index is 830. The second kappa shape index (κ2) is 7.33. The molecule has 0 fully saturated rings. The molecule has 0 aliphatic rings. The molecule has 0 heterocycles. The number of aromatic hydroxyl groups is 1. The van der Waals surface area contributed by atoms with Gasteiger partial charge in [0.05, 0.1) is 0 Å². The van der Waals surface area contributed by atoms with Crippen molar-refractivity contribution in [2.75, 3.05) is 0 Å². The van der Waals surface area contributed by atoms with Gasteiger partial charge in [-0.1, -0.05) is 65.8 Å². The van der Waals surface area contributed by atoms with E-state index in [0.717, 1.165) is 5.56 Å². The summed E-state index contributed by atoms with van der Waals surface area (Å²) in [5.41, 5.74) is 2.51. The first-order valence-corrected chi connectivity index (χ1v) is 7.55. The van der Waals surface area contributed by atoms with Crippen molar-refractivity contribution in [3.63, 3.8) is 0 Å². The molecule has 24 heavy (non-hydrogen) atoms. The van der Waals surface area contributed by atoms with Gasteiger partial charge < -0.3 is 15.1 Å². The Labute approximate surface area is 140 Å². The van der Waals surface area contributed by atoms with Gasteiger partial charge >= 0.3 is 0 Å². The van der Waals surface area contributed by atoms with Crippen LogP contribution in [0.1, 0.15) is 16.7 Å². The highest BCUT2D eigenvalue weighted by Crippen LogP contribution is 2.27. The molecule has 0 amide bonds. The number of phenolic OH excluding ortho intramolecular Hbond substituents is 1. The van der Waals surface area contributed by atoms with Crippen LogP contribution in [0.2, 0.25) is 0 Å². The van der Waals surface area contributed by atoms with Crippen molar-refractivity contribution in [2.24, 2.45) is 5.16 Å². The van der Waals surface area contributed by atoms with Crippen molar-refractivity contribution in [3.8, 4) is 11.5 Å². The maximum atomic E-state index is 10.3. The number of ether oxygens (including phenoxy) is 1. The van der Waals surface area contributed by atoms with Crippen LogP contribution in [0.3, 0.4) is 0 Å². The molecule has 0 aliphatic heterocycles. The first kappa shape index (κ1) is 15.6. The van der Waals surface area contributed by atoms with E-state index in [9.17, 15) is 10.3 Å². The van der Waals surface area contributed by atoms with Gasteiger partial charge in [-0.25, -0.2) is 0 Å². The quantitative estimate of drug-likeness (QED) is 0.421. The molecule has 2 N–H and O–H groups in total. The van der Waals surface area contributed by atoms with Gasteiger partial charge in [-0.05, 0) is 17.7 Å². The molecular weight excluding hydrogens is 302 g/mol. The largest absolute Gasteiger partial charge is 0.507 e. The summed E-state index contributed by atoms with van der Waals surface area (Å²) in [7, 11) is 0. The van der Waals surface area contributed by atoms with Crippen LogP contribution in [0.4, 0.5) is 0 Å². The van der Waals surface area contributed by atoms with E-state index in [1.807, 2.05) is 60.7 Å². The Balaban J connectivity index is 1.79. The smallest absolute Gasteiger partial charge is 0.128 e. The van der Waals surface area contributed by atoms with Gasteiger partial charge in [0.15, 0.2) is 0 Å². The van der Waals surface area contributed by atoms with Gasteiger partial charge in [0.25, 0.3) is 0 Å². The summed E-state index contributed by atoms with van der Waals surface area (Å²) in [5.74, 6) is 0.544. The topological polar surface area (TPSA) is 62.1 Å². The number of rotatable bonds is 5. The molecule has 120 valence electrons. The fourth-order valence-electron chi connectivity index (χ4n) is 2.41. The molecule has 0 aromatic heterocycles. The van der Waals surface area contributed by atoms with Crippen LogP contribution in [0.5, 0.6) is 11.5 Å². The van der Waals surface area contributed by atoms with Crippen molar-refractivity contribution < 1.29 is 15.1 Å². The summed E-state index contributed by atoms with van der Waals surface area (Å²) in [6.45, 7) is 0.416. The minimum absolute atomic E-state index is 0.00258. The Morgan fingerprint density at radius 3 is 2.17 bits per heavy atom. The zero-order valence-electron chi connectivity index (χ0n) is 13.0. The summed E-state index contributed by atoms with van der Waals surface area (Å²) in [4.78, 5) is 0. The molecule has 0 aliphatic carbocycles. The molecular formula is C20H17NO3. The van der Waals surface area contributed by atoms with E-state index in [1.54, 1.807) is 12.1 Å². The molecule has 0 saturated carbocycles. The predicted octanol–water partition coefficient (Wildman–Crippen LogP) is 4.20. The molecule has 3 aromatic carbocycles. The van der Waals surface area contributed by atoms with Gasteiger partial charge in [-0.15, -0.1) is 0 Å². The van der Waals surface area contributed by atoms with Crippen LogP contribution < -0.4 is 4.74 Å². The monoisotopic (exact) mass is 319 g/mol. The first-order valence-electron chi connectivity index (χ1n) is 7.55. The number of benzene rings is 3. The van der Waals surface area contributed by atoms with E-state index < -0.39 is 0 Å². The van der Waals surface area contributed by atoms with Crippen molar-refractivity contribution in [1.29, 1.82) is 0 Å². The van der Waals surface area contributed by atoms with Crippen molar-refractivity contribution >= 4 is 5.71 Å². The summed E-state index contributed by atoms with van der Waals surface area (Å²) in [5, 5.41) is 22.9. The third kappa shape index (κ3) is 3.55. The second-order valence-corrected chi connectivity index (χ2v) is 5.27. The van der Waals surface area contributed by atoms with Crippen LogP contribution in [0, 0.1) is 0 Å². The number of hydrogen-bond acceptors (Lipinski definition) is 4. The molecule has 0 atom stereocenters. The molecule has 0 radical (unpaired) electrons. The number of hydrogen-bond donors (Lipinski definition) is 2. The van der Waals surface area contributed by atoms with E-state index in [4.69, 9.17) is 4.74 Å². The molecule has 0 saturated heterocycles. The van der Waals surface area contributed by atoms with Crippen molar-refractivity contribution in [2.45, 2.75) is 6.61 Å². The second-order valence-electron chi connectivity index (χ2n) is 5.27. The number of phenols is 1. The van der Waals surface area contributed by atoms with E-state index in [-0.39, 0.29) is 5.75 Å². The summed E-state index contributed by atoms with van der Waals surface area (Å²) >= 11 is 0. The minimum Gasteiger partial charge on any atom is -0.507 e. The lowest BCUT2D eigenvalue weighted by atomic mass is 10.0. The highest BCUT2D eigenvalue weighted by Gasteiger charge is 2.13. The van der Waals surface area contributed by atoms with E-state index in [0.29, 0.717) is 29.2 Å². The molecule has 0 unspecified atom stereocenters. The zero-order chi connectivity index (χ0) is 16.8. The summed E-state index contributed by atoms with van der Waals surface area (Å²) in [6, 6.07) is 23.9. The maximum Gasteiger partial charge on any atom is 0.128 e. The molecule has 0 spiro atoms. The predicted molar refractivity (Wildman–Crippen MR) is 92.7 cm³/mol. The molecule has 3 aromatic rings. The third-order valence-corrected chi connectivity index (χ3v) is 3.62. The standard InChI is InChI=1S/C20H17NO3/c22-19-13-17(24-14-15-7-3-1-4-8-15)11-12-18(19)20(21-23)16-9-5-2-6-10-16/h1-13,22-23H,14H2. The Morgan fingerprint density at radius 1 is 0.875 bits per heavy atom. The average Bonchev–Trinajstić information content (AvgIpc) is 2.64. The van der Waals surface area contributed by atoms with Crippen LogP contribution in [-0.4, -0.2) is 16.0 Å². The summed E-state index contributed by atoms with van der Waals surface area (Å²) in [6.07, 6.45) is 0. The van der Waals surface area contributed by atoms with Gasteiger partial charge in [0.1, 0.15) is 23.8 Å².